The first kappa shape index (κ1) is 11.2. The summed E-state index contributed by atoms with van der Waals surface area (Å²) in [7, 11) is 1.57. The molecule has 0 saturated carbocycles. The van der Waals surface area contributed by atoms with Crippen molar-refractivity contribution in [1.29, 1.82) is 0 Å². The second-order valence-corrected chi connectivity index (χ2v) is 5.84. The fourth-order valence-electron chi connectivity index (χ4n) is 1.42. The number of nitrogens with zero attached hydrogens (tertiary/aromatic N) is 2. The zero-order chi connectivity index (χ0) is 11.8. The van der Waals surface area contributed by atoms with Crippen molar-refractivity contribution in [2.75, 3.05) is 0 Å². The highest BCUT2D eigenvalue weighted by atomic mass is 35.7. The summed E-state index contributed by atoms with van der Waals surface area (Å²) in [6, 6.07) is 6.31. The third-order valence-corrected chi connectivity index (χ3v) is 3.59. The summed E-state index contributed by atoms with van der Waals surface area (Å²) in [5.41, 5.74) is 0.846. The van der Waals surface area contributed by atoms with Gasteiger partial charge < -0.3 is 4.57 Å². The van der Waals surface area contributed by atoms with Gasteiger partial charge in [0.05, 0.1) is 4.90 Å². The largest absolute Gasteiger partial charge is 0.304 e. The topological polar surface area (TPSA) is 52.0 Å². The highest BCUT2D eigenvalue weighted by Crippen LogP contribution is 2.17. The van der Waals surface area contributed by atoms with Gasteiger partial charge in [0, 0.05) is 28.8 Å². The molecule has 4 nitrogen and oxygen atoms in total. The minimum absolute atomic E-state index is 0.0932. The smallest absolute Gasteiger partial charge is 0.261 e. The molecule has 1 aromatic carbocycles. The van der Waals surface area contributed by atoms with Crippen molar-refractivity contribution < 1.29 is 8.42 Å². The second kappa shape index (κ2) is 3.92. The molecule has 1 heterocycles. The van der Waals surface area contributed by atoms with Gasteiger partial charge in [0.1, 0.15) is 5.82 Å². The van der Waals surface area contributed by atoms with E-state index in [1.54, 1.807) is 24.5 Å². The van der Waals surface area contributed by atoms with Crippen LogP contribution in [0.25, 0.3) is 5.69 Å². The average Bonchev–Trinajstić information content (AvgIpc) is 2.63. The lowest BCUT2D eigenvalue weighted by Crippen LogP contribution is -1.96. The number of aromatic nitrogens is 2. The van der Waals surface area contributed by atoms with Crippen LogP contribution >= 0.6 is 10.7 Å². The molecule has 0 N–H and O–H groups in total. The lowest BCUT2D eigenvalue weighted by atomic mass is 10.3. The molecule has 2 rings (SSSR count). The molecule has 0 radical (unpaired) electrons. The van der Waals surface area contributed by atoms with Crippen LogP contribution in [-0.2, 0) is 9.05 Å². The van der Waals surface area contributed by atoms with Crippen molar-refractivity contribution in [3.8, 4) is 5.69 Å². The van der Waals surface area contributed by atoms with E-state index in [4.69, 9.17) is 10.7 Å². The number of benzene rings is 1. The van der Waals surface area contributed by atoms with Crippen LogP contribution in [0, 0.1) is 6.92 Å². The molecule has 0 spiro atoms. The van der Waals surface area contributed by atoms with E-state index in [9.17, 15) is 8.42 Å². The minimum Gasteiger partial charge on any atom is -0.304 e. The summed E-state index contributed by atoms with van der Waals surface area (Å²) < 4.78 is 23.9. The number of halogens is 1. The van der Waals surface area contributed by atoms with Gasteiger partial charge >= 0.3 is 0 Å². The Morgan fingerprint density at radius 2 is 1.88 bits per heavy atom. The van der Waals surface area contributed by atoms with Crippen LogP contribution in [0.15, 0.2) is 41.6 Å². The molecule has 0 fully saturated rings. The molecule has 2 aromatic rings. The molecule has 0 amide bonds. The SMILES string of the molecule is Cc1nccn1-c1ccc(S(=O)(=O)Cl)cc1. The van der Waals surface area contributed by atoms with E-state index in [-0.39, 0.29) is 4.90 Å². The summed E-state index contributed by atoms with van der Waals surface area (Å²) in [6.45, 7) is 1.87. The minimum atomic E-state index is -3.65. The van der Waals surface area contributed by atoms with E-state index in [0.29, 0.717) is 0 Å². The van der Waals surface area contributed by atoms with Crippen LogP contribution in [-0.4, -0.2) is 18.0 Å². The molecule has 0 aliphatic rings. The maximum atomic E-state index is 11.0. The molecule has 0 aliphatic heterocycles. The van der Waals surface area contributed by atoms with E-state index in [0.717, 1.165) is 11.5 Å². The van der Waals surface area contributed by atoms with E-state index < -0.39 is 9.05 Å². The van der Waals surface area contributed by atoms with E-state index in [1.807, 2.05) is 11.5 Å². The summed E-state index contributed by atoms with van der Waals surface area (Å²) in [4.78, 5) is 4.18. The first-order valence-corrected chi connectivity index (χ1v) is 6.84. The van der Waals surface area contributed by atoms with Crippen LogP contribution in [0.2, 0.25) is 0 Å². The molecule has 0 saturated heterocycles. The zero-order valence-electron chi connectivity index (χ0n) is 8.46. The molecule has 0 unspecified atom stereocenters. The van der Waals surface area contributed by atoms with E-state index in [1.165, 1.54) is 12.1 Å². The van der Waals surface area contributed by atoms with Gasteiger partial charge in [0.25, 0.3) is 9.05 Å². The zero-order valence-corrected chi connectivity index (χ0v) is 10.0. The second-order valence-electron chi connectivity index (χ2n) is 3.28. The van der Waals surface area contributed by atoms with Gasteiger partial charge in [-0.2, -0.15) is 0 Å². The fourth-order valence-corrected chi connectivity index (χ4v) is 2.19. The third-order valence-electron chi connectivity index (χ3n) is 2.22. The Morgan fingerprint density at radius 1 is 1.25 bits per heavy atom. The van der Waals surface area contributed by atoms with Gasteiger partial charge in [-0.15, -0.1) is 0 Å². The molecular weight excluding hydrogens is 248 g/mol. The normalized spacial score (nSPS) is 11.6. The summed E-state index contributed by atoms with van der Waals surface area (Å²) in [6.07, 6.45) is 3.49. The first-order chi connectivity index (χ1) is 7.48. The summed E-state index contributed by atoms with van der Waals surface area (Å²) in [5.74, 6) is 0.835. The Balaban J connectivity index is 2.45. The molecule has 1 aromatic heterocycles. The van der Waals surface area contributed by atoms with Gasteiger partial charge in [-0.3, -0.25) is 0 Å². The van der Waals surface area contributed by atoms with E-state index >= 15 is 0 Å². The number of aryl methyl sites for hydroxylation is 1. The van der Waals surface area contributed by atoms with Crippen LogP contribution in [0.4, 0.5) is 0 Å². The fraction of sp³-hybridized carbons (Fsp3) is 0.100. The molecule has 0 aliphatic carbocycles. The highest BCUT2D eigenvalue weighted by molar-refractivity contribution is 8.13. The van der Waals surface area contributed by atoms with E-state index in [2.05, 4.69) is 4.98 Å². The number of rotatable bonds is 2. The molecule has 6 heteroatoms. The molecule has 16 heavy (non-hydrogen) atoms. The Hall–Kier alpha value is -1.33. The Labute approximate surface area is 97.9 Å². The van der Waals surface area contributed by atoms with Gasteiger partial charge in [0.15, 0.2) is 0 Å². The molecular formula is C10H9ClN2O2S. The lowest BCUT2D eigenvalue weighted by molar-refractivity contribution is 0.609. The van der Waals surface area contributed by atoms with Crippen molar-refractivity contribution in [3.63, 3.8) is 0 Å². The standard InChI is InChI=1S/C10H9ClN2O2S/c1-8-12-6-7-13(8)9-2-4-10(5-3-9)16(11,14)15/h2-7H,1H3. The predicted octanol–water partition coefficient (Wildman–Crippen LogP) is 2.11. The predicted molar refractivity (Wildman–Crippen MR) is 61.3 cm³/mol. The van der Waals surface area contributed by atoms with Crippen molar-refractivity contribution in [2.45, 2.75) is 11.8 Å². The first-order valence-electron chi connectivity index (χ1n) is 4.53. The van der Waals surface area contributed by atoms with Crippen molar-refractivity contribution >= 4 is 19.7 Å². The summed E-state index contributed by atoms with van der Waals surface area (Å²) in [5, 5.41) is 0. The van der Waals surface area contributed by atoms with Crippen LogP contribution < -0.4 is 0 Å². The van der Waals surface area contributed by atoms with Crippen LogP contribution in [0.1, 0.15) is 5.82 Å². The lowest BCUT2D eigenvalue weighted by Gasteiger charge is -2.05. The summed E-state index contributed by atoms with van der Waals surface area (Å²) >= 11 is 0. The number of imidazole rings is 1. The Morgan fingerprint density at radius 3 is 2.31 bits per heavy atom. The van der Waals surface area contributed by atoms with Gasteiger partial charge in [-0.25, -0.2) is 13.4 Å². The molecule has 0 atom stereocenters. The van der Waals surface area contributed by atoms with Crippen molar-refractivity contribution in [3.05, 3.63) is 42.5 Å². The third kappa shape index (κ3) is 2.10. The molecule has 0 bridgehead atoms. The van der Waals surface area contributed by atoms with Gasteiger partial charge in [-0.05, 0) is 31.2 Å². The number of hydrogen-bond donors (Lipinski definition) is 0. The molecule has 84 valence electrons. The van der Waals surface area contributed by atoms with Gasteiger partial charge in [-0.1, -0.05) is 0 Å². The maximum Gasteiger partial charge on any atom is 0.261 e. The quantitative estimate of drug-likeness (QED) is 0.774. The highest BCUT2D eigenvalue weighted by Gasteiger charge is 2.09. The van der Waals surface area contributed by atoms with Crippen LogP contribution in [0.3, 0.4) is 0 Å². The average molecular weight is 257 g/mol. The maximum absolute atomic E-state index is 11.0. The number of hydrogen-bond acceptors (Lipinski definition) is 3. The van der Waals surface area contributed by atoms with Gasteiger partial charge in [0.2, 0.25) is 0 Å². The van der Waals surface area contributed by atoms with Crippen molar-refractivity contribution in [1.82, 2.24) is 9.55 Å². The van der Waals surface area contributed by atoms with Crippen LogP contribution in [0.5, 0.6) is 0 Å². The Bertz CT molecular complexity index is 602. The Kier molecular flexibility index (Phi) is 2.73. The van der Waals surface area contributed by atoms with Crippen molar-refractivity contribution in [2.24, 2.45) is 0 Å². The monoisotopic (exact) mass is 256 g/mol.